The minimum Gasteiger partial charge on any atom is -0.493 e. The van der Waals surface area contributed by atoms with Gasteiger partial charge >= 0.3 is 23.9 Å². The molecule has 0 N–H and O–H groups in total. The van der Waals surface area contributed by atoms with Crippen molar-refractivity contribution in [2.24, 2.45) is 0 Å². The van der Waals surface area contributed by atoms with E-state index in [1.165, 1.54) is 59.1 Å². The third-order valence-corrected chi connectivity index (χ3v) is 5.22. The smallest absolute Gasteiger partial charge is 0.308 e. The van der Waals surface area contributed by atoms with Gasteiger partial charge in [0.25, 0.3) is 0 Å². The van der Waals surface area contributed by atoms with Crippen LogP contribution < -0.4 is 23.7 Å². The van der Waals surface area contributed by atoms with Crippen LogP contribution in [0.5, 0.6) is 28.7 Å². The molecule has 4 heterocycles. The van der Waals surface area contributed by atoms with E-state index in [0.29, 0.717) is 5.56 Å². The van der Waals surface area contributed by atoms with Crippen LogP contribution in [0.15, 0.2) is 30.3 Å². The summed E-state index contributed by atoms with van der Waals surface area (Å²) < 4.78 is 44.6. The Bertz CT molecular complexity index is 1220. The largest absolute Gasteiger partial charge is 0.493 e. The number of carbonyl (C=O) groups is 4. The molecule has 12 heteroatoms. The van der Waals surface area contributed by atoms with E-state index < -0.39 is 36.1 Å². The van der Waals surface area contributed by atoms with Gasteiger partial charge in [-0.1, -0.05) is 6.07 Å². The average molecular weight is 547 g/mol. The number of hydrogen-bond acceptors (Lipinski definition) is 12. The van der Waals surface area contributed by atoms with Gasteiger partial charge in [0.05, 0.1) is 20.3 Å². The molecular weight excluding hydrogens is 516 g/mol. The zero-order valence-corrected chi connectivity index (χ0v) is 22.3. The summed E-state index contributed by atoms with van der Waals surface area (Å²) in [6.07, 6.45) is -2.48. The van der Waals surface area contributed by atoms with Crippen molar-refractivity contribution in [2.75, 3.05) is 33.5 Å². The van der Waals surface area contributed by atoms with Crippen molar-refractivity contribution < 1.29 is 57.1 Å². The average Bonchev–Trinajstić information content (AvgIpc) is 2.85. The first kappa shape index (κ1) is 29.2. The molecule has 0 spiro atoms. The molecule has 0 radical (unpaired) electrons. The van der Waals surface area contributed by atoms with Crippen LogP contribution in [0, 0.1) is 0 Å². The fourth-order valence-electron chi connectivity index (χ4n) is 3.82. The summed E-state index contributed by atoms with van der Waals surface area (Å²) in [6.45, 7) is 5.36. The van der Waals surface area contributed by atoms with Crippen molar-refractivity contribution in [1.82, 2.24) is 0 Å². The van der Waals surface area contributed by atoms with Gasteiger partial charge < -0.3 is 37.9 Å². The maximum absolute atomic E-state index is 12.2. The van der Waals surface area contributed by atoms with E-state index in [0.717, 1.165) is 0 Å². The number of hydrogen-bond donors (Lipinski definition) is 0. The van der Waals surface area contributed by atoms with E-state index in [1.807, 2.05) is 0 Å². The molecule has 0 saturated carbocycles. The number of ether oxygens (including phenoxy) is 8. The van der Waals surface area contributed by atoms with Crippen molar-refractivity contribution in [3.05, 3.63) is 41.5 Å². The zero-order valence-electron chi connectivity index (χ0n) is 22.3. The first-order chi connectivity index (χ1) is 18.6. The molecule has 2 atom stereocenters. The topological polar surface area (TPSA) is 142 Å². The first-order valence-corrected chi connectivity index (χ1v) is 12.0. The summed E-state index contributed by atoms with van der Waals surface area (Å²) in [5, 5.41) is 0. The highest BCUT2D eigenvalue weighted by molar-refractivity contribution is 5.73. The van der Waals surface area contributed by atoms with E-state index >= 15 is 0 Å². The zero-order chi connectivity index (χ0) is 28.5. The second kappa shape index (κ2) is 13.5. The van der Waals surface area contributed by atoms with E-state index in [1.54, 1.807) is 6.07 Å². The highest BCUT2D eigenvalue weighted by Gasteiger charge is 2.34. The fraction of sp³-hybridized carbons (Fsp3) is 0.407. The van der Waals surface area contributed by atoms with Gasteiger partial charge in [-0.15, -0.1) is 0 Å². The minimum atomic E-state index is -1.25. The van der Waals surface area contributed by atoms with Crippen LogP contribution in [-0.4, -0.2) is 57.4 Å². The van der Waals surface area contributed by atoms with Crippen LogP contribution in [0.1, 0.15) is 51.0 Å². The Labute approximate surface area is 225 Å². The Morgan fingerprint density at radius 1 is 0.667 bits per heavy atom. The lowest BCUT2D eigenvalue weighted by molar-refractivity contribution is -0.166. The molecule has 4 aliphatic rings. The summed E-state index contributed by atoms with van der Waals surface area (Å²) in [6, 6.07) is 7.49. The Balaban J connectivity index is 2.28. The van der Waals surface area contributed by atoms with Gasteiger partial charge in [-0.3, -0.25) is 19.2 Å². The molecule has 4 bridgehead atoms. The van der Waals surface area contributed by atoms with Gasteiger partial charge in [0, 0.05) is 38.8 Å². The lowest BCUT2D eigenvalue weighted by atomic mass is 9.96. The number of benzene rings is 2. The fourth-order valence-corrected chi connectivity index (χ4v) is 3.82. The lowest BCUT2D eigenvalue weighted by Crippen LogP contribution is -2.22. The second-order valence-corrected chi connectivity index (χ2v) is 8.31. The van der Waals surface area contributed by atoms with Gasteiger partial charge in [0.2, 0.25) is 5.75 Å². The predicted molar refractivity (Wildman–Crippen MR) is 133 cm³/mol. The molecule has 0 aromatic heterocycles. The summed E-state index contributed by atoms with van der Waals surface area (Å²) in [7, 11) is 1.38. The Morgan fingerprint density at radius 3 is 1.79 bits per heavy atom. The molecule has 0 amide bonds. The van der Waals surface area contributed by atoms with Crippen molar-refractivity contribution in [3.63, 3.8) is 0 Å². The van der Waals surface area contributed by atoms with Crippen LogP contribution in [0.4, 0.5) is 0 Å². The van der Waals surface area contributed by atoms with Gasteiger partial charge in [-0.05, 0) is 24.3 Å². The summed E-state index contributed by atoms with van der Waals surface area (Å²) in [5.41, 5.74) is 0.570. The van der Waals surface area contributed by atoms with E-state index in [-0.39, 0.29) is 60.7 Å². The van der Waals surface area contributed by atoms with E-state index in [4.69, 9.17) is 37.9 Å². The summed E-state index contributed by atoms with van der Waals surface area (Å²) in [4.78, 5) is 48.2. The SMILES string of the molecule is COc1cc2cc(OC(C)=O)c1OCCOCCOc1ccc(cc1OC(C)=O)C(OC(C)=O)C2OC(C)=O. The van der Waals surface area contributed by atoms with Crippen molar-refractivity contribution in [3.8, 4) is 28.7 Å². The molecule has 6 rings (SSSR count). The van der Waals surface area contributed by atoms with Crippen molar-refractivity contribution in [2.45, 2.75) is 39.9 Å². The molecule has 39 heavy (non-hydrogen) atoms. The summed E-state index contributed by atoms with van der Waals surface area (Å²) >= 11 is 0. The molecule has 2 aromatic rings. The molecular formula is C27H30O12. The van der Waals surface area contributed by atoms with Crippen LogP contribution in [0.3, 0.4) is 0 Å². The van der Waals surface area contributed by atoms with Crippen LogP contribution >= 0.6 is 0 Å². The normalized spacial score (nSPS) is 17.2. The quantitative estimate of drug-likeness (QED) is 0.401. The summed E-state index contributed by atoms with van der Waals surface area (Å²) in [5.74, 6) is -2.05. The van der Waals surface area contributed by atoms with Crippen LogP contribution in [0.25, 0.3) is 0 Å². The number of esters is 4. The molecule has 0 aliphatic carbocycles. The minimum absolute atomic E-state index is 0.0147. The maximum Gasteiger partial charge on any atom is 0.308 e. The Hall–Kier alpha value is -4.32. The van der Waals surface area contributed by atoms with Crippen molar-refractivity contribution in [1.29, 1.82) is 0 Å². The molecule has 210 valence electrons. The third kappa shape index (κ3) is 8.08. The molecule has 12 nitrogen and oxygen atoms in total. The van der Waals surface area contributed by atoms with Gasteiger partial charge in [-0.2, -0.15) is 0 Å². The van der Waals surface area contributed by atoms with Gasteiger partial charge in [-0.25, -0.2) is 0 Å². The molecule has 4 aliphatic heterocycles. The maximum atomic E-state index is 12.2. The van der Waals surface area contributed by atoms with Crippen LogP contribution in [-0.2, 0) is 33.4 Å². The van der Waals surface area contributed by atoms with Gasteiger partial charge in [0.1, 0.15) is 13.2 Å². The Kier molecular flexibility index (Phi) is 10.1. The first-order valence-electron chi connectivity index (χ1n) is 12.0. The van der Waals surface area contributed by atoms with Crippen LogP contribution in [0.2, 0.25) is 0 Å². The molecule has 0 saturated heterocycles. The van der Waals surface area contributed by atoms with Crippen molar-refractivity contribution >= 4 is 23.9 Å². The molecule has 2 aromatic carbocycles. The van der Waals surface area contributed by atoms with Gasteiger partial charge in [0.15, 0.2) is 35.2 Å². The highest BCUT2D eigenvalue weighted by Crippen LogP contribution is 2.45. The van der Waals surface area contributed by atoms with E-state index in [9.17, 15) is 19.2 Å². The molecule has 2 unspecified atom stereocenters. The highest BCUT2D eigenvalue weighted by atomic mass is 16.6. The molecule has 0 fully saturated rings. The number of methoxy groups -OCH3 is 1. The van der Waals surface area contributed by atoms with E-state index in [2.05, 4.69) is 0 Å². The third-order valence-electron chi connectivity index (χ3n) is 5.22. The lowest BCUT2D eigenvalue weighted by Gasteiger charge is -2.28. The second-order valence-electron chi connectivity index (χ2n) is 8.31. The predicted octanol–water partition coefficient (Wildman–Crippen LogP) is 3.24. The monoisotopic (exact) mass is 546 g/mol. The number of rotatable bonds is 5. The standard InChI is InChI=1S/C27H30O12/c1-15(28)36-22-12-19-6-7-21(22)34-10-8-33-9-11-35-27-23(32-5)13-20(14-24(27)37-16(2)29)26(39-18(4)31)25(19)38-17(3)30/h6-7,12-14,25-26H,8-11H2,1-5H3. The Morgan fingerprint density at radius 2 is 1.21 bits per heavy atom. The number of carbonyl (C=O) groups excluding carboxylic acids is 4.